The molecule has 1 saturated carbocycles. The minimum atomic E-state index is 0.110. The van der Waals surface area contributed by atoms with E-state index in [1.807, 2.05) is 0 Å². The van der Waals surface area contributed by atoms with Crippen LogP contribution in [0.25, 0.3) is 0 Å². The molecule has 1 aromatic carbocycles. The first-order valence-electron chi connectivity index (χ1n) is 6.74. The Morgan fingerprint density at radius 3 is 2.72 bits per heavy atom. The van der Waals surface area contributed by atoms with Crippen molar-refractivity contribution in [2.75, 3.05) is 0 Å². The summed E-state index contributed by atoms with van der Waals surface area (Å²) in [5, 5.41) is 3.01. The SMILES string of the molecule is Cc1ccc(CNC(=O)C2CCCC(N)C2)cc1. The fourth-order valence-electron chi connectivity index (χ4n) is 2.51. The lowest BCUT2D eigenvalue weighted by Gasteiger charge is -2.25. The lowest BCUT2D eigenvalue weighted by molar-refractivity contribution is -0.126. The van der Waals surface area contributed by atoms with Crippen molar-refractivity contribution in [1.82, 2.24) is 5.32 Å². The van der Waals surface area contributed by atoms with E-state index in [1.165, 1.54) is 5.56 Å². The molecule has 0 heterocycles. The van der Waals surface area contributed by atoms with Crippen LogP contribution in [0.3, 0.4) is 0 Å². The molecular formula is C15H22N2O. The second-order valence-corrected chi connectivity index (χ2v) is 5.33. The monoisotopic (exact) mass is 246 g/mol. The summed E-state index contributed by atoms with van der Waals surface area (Å²) in [6.45, 7) is 2.68. The molecule has 0 saturated heterocycles. The van der Waals surface area contributed by atoms with Gasteiger partial charge in [-0.05, 0) is 31.7 Å². The average molecular weight is 246 g/mol. The van der Waals surface area contributed by atoms with Crippen LogP contribution in [0.15, 0.2) is 24.3 Å². The zero-order valence-electron chi connectivity index (χ0n) is 11.0. The van der Waals surface area contributed by atoms with Crippen molar-refractivity contribution in [3.63, 3.8) is 0 Å². The number of rotatable bonds is 3. The third-order valence-corrected chi connectivity index (χ3v) is 3.67. The third-order valence-electron chi connectivity index (χ3n) is 3.67. The van der Waals surface area contributed by atoms with Gasteiger partial charge in [0.1, 0.15) is 0 Å². The van der Waals surface area contributed by atoms with E-state index in [-0.39, 0.29) is 17.9 Å². The Labute approximate surface area is 109 Å². The summed E-state index contributed by atoms with van der Waals surface area (Å²) in [6.07, 6.45) is 3.94. The molecule has 1 aliphatic rings. The van der Waals surface area contributed by atoms with Gasteiger partial charge in [0.15, 0.2) is 0 Å². The van der Waals surface area contributed by atoms with Crippen LogP contribution in [0.1, 0.15) is 36.8 Å². The van der Waals surface area contributed by atoms with Crippen LogP contribution >= 0.6 is 0 Å². The highest BCUT2D eigenvalue weighted by Gasteiger charge is 2.24. The van der Waals surface area contributed by atoms with Gasteiger partial charge >= 0.3 is 0 Å². The summed E-state index contributed by atoms with van der Waals surface area (Å²) in [5.41, 5.74) is 8.29. The van der Waals surface area contributed by atoms with Crippen LogP contribution < -0.4 is 11.1 Å². The van der Waals surface area contributed by atoms with Crippen LogP contribution in [0.4, 0.5) is 0 Å². The zero-order chi connectivity index (χ0) is 13.0. The molecule has 0 radical (unpaired) electrons. The number of nitrogens with two attached hydrogens (primary N) is 1. The van der Waals surface area contributed by atoms with E-state index in [1.54, 1.807) is 0 Å². The van der Waals surface area contributed by atoms with Crippen molar-refractivity contribution in [1.29, 1.82) is 0 Å². The Morgan fingerprint density at radius 1 is 1.33 bits per heavy atom. The van der Waals surface area contributed by atoms with Gasteiger partial charge in [0.05, 0.1) is 0 Å². The minimum Gasteiger partial charge on any atom is -0.352 e. The average Bonchev–Trinajstić information content (AvgIpc) is 2.38. The maximum atomic E-state index is 12.0. The van der Waals surface area contributed by atoms with Crippen LogP contribution in [0.5, 0.6) is 0 Å². The molecule has 2 unspecified atom stereocenters. The molecule has 2 rings (SSSR count). The predicted molar refractivity (Wildman–Crippen MR) is 73.0 cm³/mol. The Morgan fingerprint density at radius 2 is 2.06 bits per heavy atom. The van der Waals surface area contributed by atoms with Gasteiger partial charge in [0, 0.05) is 18.5 Å². The number of nitrogens with one attached hydrogen (secondary N) is 1. The van der Waals surface area contributed by atoms with E-state index in [4.69, 9.17) is 5.73 Å². The molecule has 0 aliphatic heterocycles. The molecule has 1 aromatic rings. The van der Waals surface area contributed by atoms with E-state index < -0.39 is 0 Å². The first-order chi connectivity index (χ1) is 8.65. The van der Waals surface area contributed by atoms with Crippen molar-refractivity contribution in [2.45, 2.75) is 45.2 Å². The van der Waals surface area contributed by atoms with Gasteiger partial charge in [-0.15, -0.1) is 0 Å². The molecule has 1 aliphatic carbocycles. The molecular weight excluding hydrogens is 224 g/mol. The maximum absolute atomic E-state index is 12.0. The molecule has 0 spiro atoms. The van der Waals surface area contributed by atoms with E-state index in [9.17, 15) is 4.79 Å². The first kappa shape index (κ1) is 13.1. The maximum Gasteiger partial charge on any atom is 0.223 e. The number of amides is 1. The van der Waals surface area contributed by atoms with Crippen molar-refractivity contribution in [3.05, 3.63) is 35.4 Å². The number of carbonyl (C=O) groups is 1. The fraction of sp³-hybridized carbons (Fsp3) is 0.533. The van der Waals surface area contributed by atoms with Crippen molar-refractivity contribution >= 4 is 5.91 Å². The van der Waals surface area contributed by atoms with Crippen LogP contribution in [0.2, 0.25) is 0 Å². The number of hydrogen-bond acceptors (Lipinski definition) is 2. The molecule has 3 nitrogen and oxygen atoms in total. The van der Waals surface area contributed by atoms with Gasteiger partial charge in [-0.2, -0.15) is 0 Å². The van der Waals surface area contributed by atoms with Gasteiger partial charge in [-0.3, -0.25) is 4.79 Å². The van der Waals surface area contributed by atoms with Crippen LogP contribution in [-0.2, 0) is 11.3 Å². The smallest absolute Gasteiger partial charge is 0.223 e. The second kappa shape index (κ2) is 6.01. The second-order valence-electron chi connectivity index (χ2n) is 5.33. The molecule has 98 valence electrons. The summed E-state index contributed by atoms with van der Waals surface area (Å²) >= 11 is 0. The number of carbonyl (C=O) groups excluding carboxylic acids is 1. The summed E-state index contributed by atoms with van der Waals surface area (Å²) in [4.78, 5) is 12.0. The number of benzene rings is 1. The first-order valence-corrected chi connectivity index (χ1v) is 6.74. The molecule has 1 fully saturated rings. The van der Waals surface area contributed by atoms with Crippen molar-refractivity contribution < 1.29 is 4.79 Å². The van der Waals surface area contributed by atoms with E-state index in [2.05, 4.69) is 36.5 Å². The Hall–Kier alpha value is -1.35. The van der Waals surface area contributed by atoms with Crippen molar-refractivity contribution in [3.8, 4) is 0 Å². The Balaban J connectivity index is 1.82. The molecule has 3 N–H and O–H groups in total. The highest BCUT2D eigenvalue weighted by atomic mass is 16.1. The highest BCUT2D eigenvalue weighted by Crippen LogP contribution is 2.23. The van der Waals surface area contributed by atoms with E-state index >= 15 is 0 Å². The largest absolute Gasteiger partial charge is 0.352 e. The zero-order valence-corrected chi connectivity index (χ0v) is 11.0. The highest BCUT2D eigenvalue weighted by molar-refractivity contribution is 5.78. The standard InChI is InChI=1S/C15H22N2O/c1-11-5-7-12(8-6-11)10-17-15(18)13-3-2-4-14(16)9-13/h5-8,13-14H,2-4,9-10,16H2,1H3,(H,17,18). The number of aryl methyl sites for hydroxylation is 1. The molecule has 2 atom stereocenters. The van der Waals surface area contributed by atoms with Gasteiger partial charge in [-0.1, -0.05) is 36.2 Å². The topological polar surface area (TPSA) is 55.1 Å². The Bertz CT molecular complexity index is 399. The summed E-state index contributed by atoms with van der Waals surface area (Å²) in [6, 6.07) is 8.45. The third kappa shape index (κ3) is 3.57. The summed E-state index contributed by atoms with van der Waals surface area (Å²) in [5.74, 6) is 0.268. The molecule has 0 aromatic heterocycles. The Kier molecular flexibility index (Phi) is 4.37. The molecule has 3 heteroatoms. The van der Waals surface area contributed by atoms with Gasteiger partial charge < -0.3 is 11.1 Å². The van der Waals surface area contributed by atoms with Crippen molar-refractivity contribution in [2.24, 2.45) is 11.7 Å². The lowest BCUT2D eigenvalue weighted by Crippen LogP contribution is -2.37. The van der Waals surface area contributed by atoms with Crippen LogP contribution in [0, 0.1) is 12.8 Å². The predicted octanol–water partition coefficient (Wildman–Crippen LogP) is 2.13. The van der Waals surface area contributed by atoms with Gasteiger partial charge in [0.2, 0.25) is 5.91 Å². The normalized spacial score (nSPS) is 23.7. The van der Waals surface area contributed by atoms with Gasteiger partial charge in [0.25, 0.3) is 0 Å². The molecule has 18 heavy (non-hydrogen) atoms. The van der Waals surface area contributed by atoms with Gasteiger partial charge in [-0.25, -0.2) is 0 Å². The minimum absolute atomic E-state index is 0.110. The summed E-state index contributed by atoms with van der Waals surface area (Å²) in [7, 11) is 0. The van der Waals surface area contributed by atoms with E-state index in [0.717, 1.165) is 31.2 Å². The van der Waals surface area contributed by atoms with E-state index in [0.29, 0.717) is 6.54 Å². The molecule has 1 amide bonds. The van der Waals surface area contributed by atoms with Crippen LogP contribution in [-0.4, -0.2) is 11.9 Å². The summed E-state index contributed by atoms with van der Waals surface area (Å²) < 4.78 is 0. The fourth-order valence-corrected chi connectivity index (χ4v) is 2.51. The number of hydrogen-bond donors (Lipinski definition) is 2. The quantitative estimate of drug-likeness (QED) is 0.858. The molecule has 0 bridgehead atoms. The lowest BCUT2D eigenvalue weighted by atomic mass is 9.85.